The van der Waals surface area contributed by atoms with E-state index in [1.165, 1.54) is 16.7 Å². The van der Waals surface area contributed by atoms with E-state index in [0.717, 1.165) is 56.9 Å². The number of carbonyl (C=O) groups excluding carboxylic acids is 1. The molecule has 3 heterocycles. The van der Waals surface area contributed by atoms with Gasteiger partial charge in [0.25, 0.3) is 6.10 Å². The Balaban J connectivity index is 1.41. The van der Waals surface area contributed by atoms with Gasteiger partial charge in [0.1, 0.15) is 0 Å². The molecule has 4 rings (SSSR count). The van der Waals surface area contributed by atoms with Crippen LogP contribution in [-0.2, 0) is 24.2 Å². The van der Waals surface area contributed by atoms with Crippen LogP contribution in [-0.4, -0.2) is 77.5 Å². The number of ether oxygens (including phenoxy) is 1. The topological polar surface area (TPSA) is 36.0 Å². The van der Waals surface area contributed by atoms with Gasteiger partial charge in [-0.15, -0.1) is 0 Å². The summed E-state index contributed by atoms with van der Waals surface area (Å²) in [5.74, 6) is 0. The number of nitrogens with zero attached hydrogens (tertiary/aromatic N) is 3. The summed E-state index contributed by atoms with van der Waals surface area (Å²) in [6.45, 7) is 6.82. The van der Waals surface area contributed by atoms with Gasteiger partial charge in [-0.2, -0.15) is 26.3 Å². The monoisotopic (exact) mass is 507 g/mol. The van der Waals surface area contributed by atoms with Gasteiger partial charge in [-0.1, -0.05) is 25.1 Å². The molecule has 2 saturated heterocycles. The fraction of sp³-hybridized carbons (Fsp3) is 0.708. The van der Waals surface area contributed by atoms with E-state index in [2.05, 4.69) is 39.7 Å². The fourth-order valence-corrected chi connectivity index (χ4v) is 5.74. The summed E-state index contributed by atoms with van der Waals surface area (Å²) < 4.78 is 80.6. The van der Waals surface area contributed by atoms with E-state index >= 15 is 0 Å². The fourth-order valence-electron chi connectivity index (χ4n) is 5.74. The number of hydrogen-bond donors (Lipinski definition) is 0. The van der Waals surface area contributed by atoms with Crippen LogP contribution in [0.2, 0.25) is 0 Å². The molecule has 0 bridgehead atoms. The largest absolute Gasteiger partial charge is 0.434 e. The van der Waals surface area contributed by atoms with Crippen LogP contribution in [0.5, 0.6) is 0 Å². The lowest BCUT2D eigenvalue weighted by Crippen LogP contribution is -2.54. The van der Waals surface area contributed by atoms with Crippen molar-refractivity contribution in [3.63, 3.8) is 0 Å². The van der Waals surface area contributed by atoms with Crippen LogP contribution in [0.3, 0.4) is 0 Å². The Morgan fingerprint density at radius 2 is 1.71 bits per heavy atom. The van der Waals surface area contributed by atoms with Crippen molar-refractivity contribution in [1.29, 1.82) is 0 Å². The van der Waals surface area contributed by atoms with E-state index in [0.29, 0.717) is 12.8 Å². The zero-order valence-electron chi connectivity index (χ0n) is 19.7. The normalized spacial score (nSPS) is 21.5. The smallest absolute Gasteiger partial charge is 0.426 e. The summed E-state index contributed by atoms with van der Waals surface area (Å²) in [5, 5.41) is 0. The number of amides is 1. The molecule has 0 aromatic heterocycles. The van der Waals surface area contributed by atoms with Gasteiger partial charge >= 0.3 is 18.4 Å². The van der Waals surface area contributed by atoms with Crippen LogP contribution in [0, 0.1) is 0 Å². The number of rotatable bonds is 4. The van der Waals surface area contributed by atoms with E-state index in [9.17, 15) is 31.1 Å². The van der Waals surface area contributed by atoms with Crippen molar-refractivity contribution in [2.75, 3.05) is 32.7 Å². The zero-order valence-corrected chi connectivity index (χ0v) is 19.7. The maximum Gasteiger partial charge on any atom is 0.434 e. The van der Waals surface area contributed by atoms with Gasteiger partial charge in [-0.05, 0) is 61.9 Å². The first-order valence-corrected chi connectivity index (χ1v) is 12.1. The molecule has 0 atom stereocenters. The molecule has 0 radical (unpaired) electrons. The second kappa shape index (κ2) is 9.80. The summed E-state index contributed by atoms with van der Waals surface area (Å²) in [7, 11) is 0. The number of benzene rings is 1. The Kier molecular flexibility index (Phi) is 7.30. The summed E-state index contributed by atoms with van der Waals surface area (Å²) >= 11 is 0. The van der Waals surface area contributed by atoms with Crippen molar-refractivity contribution in [3.8, 4) is 0 Å². The van der Waals surface area contributed by atoms with Crippen molar-refractivity contribution >= 4 is 6.09 Å². The molecule has 0 N–H and O–H groups in total. The molecule has 1 amide bonds. The van der Waals surface area contributed by atoms with Gasteiger partial charge in [-0.25, -0.2) is 4.79 Å². The van der Waals surface area contributed by atoms with Crippen molar-refractivity contribution in [2.45, 2.75) is 76.1 Å². The summed E-state index contributed by atoms with van der Waals surface area (Å²) in [5.41, 5.74) is 3.77. The van der Waals surface area contributed by atoms with Crippen LogP contribution in [0.25, 0.3) is 0 Å². The Labute approximate surface area is 201 Å². The molecular formula is C24H31F6N3O2. The minimum absolute atomic E-state index is 0.0638. The lowest BCUT2D eigenvalue weighted by Gasteiger charge is -2.45. The SMILES string of the molecule is CCN1CCc2cccc(CN3CCCC34CCN(C(=O)OC(C(F)(F)F)C(F)(F)F)CC4)c2C1. The minimum atomic E-state index is -5.71. The molecule has 0 aliphatic carbocycles. The minimum Gasteiger partial charge on any atom is -0.426 e. The molecule has 1 spiro atoms. The molecule has 196 valence electrons. The lowest BCUT2D eigenvalue weighted by molar-refractivity contribution is -0.308. The Hall–Kier alpha value is -2.01. The van der Waals surface area contributed by atoms with Gasteiger partial charge in [0.15, 0.2) is 0 Å². The second-order valence-corrected chi connectivity index (χ2v) is 9.76. The number of carbonyl (C=O) groups is 1. The van der Waals surface area contributed by atoms with Crippen LogP contribution >= 0.6 is 0 Å². The molecule has 2 fully saturated rings. The Morgan fingerprint density at radius 1 is 1.03 bits per heavy atom. The van der Waals surface area contributed by atoms with Crippen molar-refractivity contribution in [1.82, 2.24) is 14.7 Å². The van der Waals surface area contributed by atoms with Crippen molar-refractivity contribution in [3.05, 3.63) is 34.9 Å². The standard InChI is InChI=1S/C24H31F6N3O2/c1-2-31-12-7-17-5-3-6-18(19(17)16-31)15-33-11-4-8-22(33)9-13-32(14-10-22)21(34)35-20(23(25,26)27)24(28,29)30/h3,5-6,20H,2,4,7-16H2,1H3. The lowest BCUT2D eigenvalue weighted by atomic mass is 9.84. The molecule has 11 heteroatoms. The highest BCUT2D eigenvalue weighted by Gasteiger charge is 2.60. The summed E-state index contributed by atoms with van der Waals surface area (Å²) in [6.07, 6.45) is -13.3. The molecule has 3 aliphatic rings. The quantitative estimate of drug-likeness (QED) is 0.530. The van der Waals surface area contributed by atoms with Gasteiger partial charge in [0.05, 0.1) is 0 Å². The van der Waals surface area contributed by atoms with E-state index in [-0.39, 0.29) is 18.6 Å². The first-order valence-electron chi connectivity index (χ1n) is 12.1. The highest BCUT2D eigenvalue weighted by atomic mass is 19.4. The number of likely N-dealkylation sites (N-methyl/N-ethyl adjacent to an activating group) is 1. The third-order valence-corrected chi connectivity index (χ3v) is 7.76. The van der Waals surface area contributed by atoms with Gasteiger partial charge in [-0.3, -0.25) is 9.80 Å². The number of halogens is 6. The molecule has 3 aliphatic heterocycles. The van der Waals surface area contributed by atoms with Crippen LogP contribution < -0.4 is 0 Å². The number of likely N-dealkylation sites (tertiary alicyclic amines) is 2. The molecule has 1 aromatic rings. The first kappa shape index (κ1) is 26.1. The van der Waals surface area contributed by atoms with E-state index in [1.807, 2.05) is 0 Å². The van der Waals surface area contributed by atoms with Crippen LogP contribution in [0.4, 0.5) is 31.1 Å². The van der Waals surface area contributed by atoms with Crippen LogP contribution in [0.15, 0.2) is 18.2 Å². The van der Waals surface area contributed by atoms with E-state index in [1.54, 1.807) is 0 Å². The second-order valence-electron chi connectivity index (χ2n) is 9.76. The molecule has 35 heavy (non-hydrogen) atoms. The van der Waals surface area contributed by atoms with Gasteiger partial charge in [0.2, 0.25) is 0 Å². The average molecular weight is 508 g/mol. The van der Waals surface area contributed by atoms with Gasteiger partial charge in [0, 0.05) is 38.3 Å². The highest BCUT2D eigenvalue weighted by Crippen LogP contribution is 2.41. The van der Waals surface area contributed by atoms with Crippen LogP contribution in [0.1, 0.15) is 49.3 Å². The number of hydrogen-bond acceptors (Lipinski definition) is 4. The summed E-state index contributed by atoms with van der Waals surface area (Å²) in [4.78, 5) is 18.0. The predicted molar refractivity (Wildman–Crippen MR) is 117 cm³/mol. The molecular weight excluding hydrogens is 476 g/mol. The maximum atomic E-state index is 12.8. The van der Waals surface area contributed by atoms with Crippen molar-refractivity contribution in [2.24, 2.45) is 0 Å². The molecule has 5 nitrogen and oxygen atoms in total. The summed E-state index contributed by atoms with van der Waals surface area (Å²) in [6, 6.07) is 6.39. The molecule has 1 aromatic carbocycles. The Morgan fingerprint density at radius 3 is 2.34 bits per heavy atom. The maximum absolute atomic E-state index is 12.8. The Bertz CT molecular complexity index is 898. The average Bonchev–Trinajstić information content (AvgIpc) is 3.17. The first-order chi connectivity index (χ1) is 16.4. The van der Waals surface area contributed by atoms with E-state index < -0.39 is 24.5 Å². The molecule has 0 unspecified atom stereocenters. The third kappa shape index (κ3) is 5.55. The number of alkyl halides is 6. The molecule has 0 saturated carbocycles. The predicted octanol–water partition coefficient (Wildman–Crippen LogP) is 5.12. The third-order valence-electron chi connectivity index (χ3n) is 7.76. The number of fused-ring (bicyclic) bond motifs is 1. The van der Waals surface area contributed by atoms with E-state index in [4.69, 9.17) is 0 Å². The highest BCUT2D eigenvalue weighted by molar-refractivity contribution is 5.68. The number of piperidine rings is 1. The zero-order chi connectivity index (χ0) is 25.4. The van der Waals surface area contributed by atoms with Gasteiger partial charge < -0.3 is 9.64 Å². The van der Waals surface area contributed by atoms with Crippen molar-refractivity contribution < 1.29 is 35.9 Å².